The first-order chi connectivity index (χ1) is 13.6. The Morgan fingerprint density at radius 2 is 1.89 bits per heavy atom. The zero-order chi connectivity index (χ0) is 19.7. The van der Waals surface area contributed by atoms with Crippen LogP contribution in [0.4, 0.5) is 5.69 Å². The predicted octanol–water partition coefficient (Wildman–Crippen LogP) is 3.87. The van der Waals surface area contributed by atoms with Gasteiger partial charge in [-0.25, -0.2) is 0 Å². The SMILES string of the molecule is CCN(CC)c1ccc(/C=c2/sc3nc(-c4cccc(Cl)c4)nn3c2=O)cc1. The number of halogens is 1. The molecule has 0 saturated heterocycles. The Labute approximate surface area is 171 Å². The Hall–Kier alpha value is -2.70. The summed E-state index contributed by atoms with van der Waals surface area (Å²) in [7, 11) is 0. The molecule has 0 aliphatic rings. The normalized spacial score (nSPS) is 12.0. The molecule has 0 bridgehead atoms. The van der Waals surface area contributed by atoms with Gasteiger partial charge in [0.1, 0.15) is 0 Å². The number of hydrogen-bond acceptors (Lipinski definition) is 5. The summed E-state index contributed by atoms with van der Waals surface area (Å²) in [6.45, 7) is 6.21. The first kappa shape index (κ1) is 18.7. The zero-order valence-corrected chi connectivity index (χ0v) is 17.2. The first-order valence-electron chi connectivity index (χ1n) is 9.11. The number of anilines is 1. The fraction of sp³-hybridized carbons (Fsp3) is 0.190. The molecular weight excluding hydrogens is 392 g/mol. The Morgan fingerprint density at radius 1 is 1.14 bits per heavy atom. The van der Waals surface area contributed by atoms with Gasteiger partial charge in [-0.3, -0.25) is 4.79 Å². The van der Waals surface area contributed by atoms with Crippen molar-refractivity contribution >= 4 is 39.7 Å². The lowest BCUT2D eigenvalue weighted by Gasteiger charge is -2.20. The lowest BCUT2D eigenvalue weighted by Crippen LogP contribution is -2.23. The standard InChI is InChI=1S/C21H19ClN4OS/c1-3-25(4-2)17-10-8-14(9-11-17)12-18-20(27)26-21(28-18)23-19(24-26)15-6-5-7-16(22)13-15/h5-13H,3-4H2,1-2H3/b18-12+. The van der Waals surface area contributed by atoms with E-state index in [1.54, 1.807) is 12.1 Å². The summed E-state index contributed by atoms with van der Waals surface area (Å²) in [4.78, 5) is 20.1. The van der Waals surface area contributed by atoms with Crippen LogP contribution < -0.4 is 15.0 Å². The van der Waals surface area contributed by atoms with Crippen LogP contribution in [0.15, 0.2) is 53.3 Å². The van der Waals surface area contributed by atoms with E-state index in [0.29, 0.717) is 20.3 Å². The molecule has 7 heteroatoms. The minimum Gasteiger partial charge on any atom is -0.372 e. The van der Waals surface area contributed by atoms with E-state index >= 15 is 0 Å². The average molecular weight is 411 g/mol. The van der Waals surface area contributed by atoms with E-state index in [9.17, 15) is 4.79 Å². The summed E-state index contributed by atoms with van der Waals surface area (Å²) >= 11 is 7.37. The molecule has 2 heterocycles. The number of rotatable bonds is 5. The van der Waals surface area contributed by atoms with Crippen LogP contribution in [0, 0.1) is 0 Å². The van der Waals surface area contributed by atoms with Gasteiger partial charge in [-0.15, -0.1) is 5.10 Å². The highest BCUT2D eigenvalue weighted by atomic mass is 35.5. The van der Waals surface area contributed by atoms with Crippen molar-refractivity contribution in [3.05, 3.63) is 74.0 Å². The van der Waals surface area contributed by atoms with Crippen LogP contribution >= 0.6 is 22.9 Å². The smallest absolute Gasteiger partial charge is 0.291 e. The fourth-order valence-corrected chi connectivity index (χ4v) is 4.20. The molecule has 0 radical (unpaired) electrons. The minimum absolute atomic E-state index is 0.159. The van der Waals surface area contributed by atoms with Crippen LogP contribution in [0.5, 0.6) is 0 Å². The molecule has 4 rings (SSSR count). The maximum Gasteiger partial charge on any atom is 0.291 e. The van der Waals surface area contributed by atoms with Crippen molar-refractivity contribution in [2.24, 2.45) is 0 Å². The lowest BCUT2D eigenvalue weighted by molar-refractivity contribution is 0.866. The number of nitrogens with zero attached hydrogens (tertiary/aromatic N) is 4. The van der Waals surface area contributed by atoms with Crippen molar-refractivity contribution in [3.8, 4) is 11.4 Å². The van der Waals surface area contributed by atoms with Gasteiger partial charge in [0, 0.05) is 29.4 Å². The molecular formula is C21H19ClN4OS. The van der Waals surface area contributed by atoms with Crippen molar-refractivity contribution in [3.63, 3.8) is 0 Å². The molecule has 0 aliphatic carbocycles. The maximum atomic E-state index is 12.7. The molecule has 0 spiro atoms. The quantitative estimate of drug-likeness (QED) is 0.501. The third kappa shape index (κ3) is 3.53. The highest BCUT2D eigenvalue weighted by molar-refractivity contribution is 7.15. The van der Waals surface area contributed by atoms with Crippen LogP contribution in [0.3, 0.4) is 0 Å². The summed E-state index contributed by atoms with van der Waals surface area (Å²) in [5.74, 6) is 0.501. The van der Waals surface area contributed by atoms with Crippen molar-refractivity contribution in [1.29, 1.82) is 0 Å². The van der Waals surface area contributed by atoms with E-state index in [1.165, 1.54) is 21.5 Å². The Balaban J connectivity index is 1.69. The molecule has 0 atom stereocenters. The zero-order valence-electron chi connectivity index (χ0n) is 15.6. The van der Waals surface area contributed by atoms with Crippen molar-refractivity contribution in [1.82, 2.24) is 14.6 Å². The predicted molar refractivity (Wildman–Crippen MR) is 116 cm³/mol. The van der Waals surface area contributed by atoms with Crippen molar-refractivity contribution in [2.75, 3.05) is 18.0 Å². The maximum absolute atomic E-state index is 12.7. The molecule has 0 saturated carbocycles. The highest BCUT2D eigenvalue weighted by Crippen LogP contribution is 2.20. The van der Waals surface area contributed by atoms with Crippen LogP contribution in [-0.2, 0) is 0 Å². The van der Waals surface area contributed by atoms with Crippen LogP contribution in [0.1, 0.15) is 19.4 Å². The van der Waals surface area contributed by atoms with Crippen molar-refractivity contribution < 1.29 is 0 Å². The number of thiazole rings is 1. The van der Waals surface area contributed by atoms with Gasteiger partial charge in [-0.2, -0.15) is 9.50 Å². The van der Waals surface area contributed by atoms with Crippen molar-refractivity contribution in [2.45, 2.75) is 13.8 Å². The Morgan fingerprint density at radius 3 is 2.54 bits per heavy atom. The average Bonchev–Trinajstić information content (AvgIpc) is 3.24. The first-order valence-corrected chi connectivity index (χ1v) is 10.3. The monoisotopic (exact) mass is 410 g/mol. The van der Waals surface area contributed by atoms with Gasteiger partial charge in [0.15, 0.2) is 5.82 Å². The highest BCUT2D eigenvalue weighted by Gasteiger charge is 2.12. The van der Waals surface area contributed by atoms with Gasteiger partial charge in [0.05, 0.1) is 4.53 Å². The molecule has 0 amide bonds. The van der Waals surface area contributed by atoms with Gasteiger partial charge in [-0.1, -0.05) is 47.2 Å². The fourth-order valence-electron chi connectivity index (χ4n) is 3.11. The molecule has 2 aromatic carbocycles. The molecule has 142 valence electrons. The number of fused-ring (bicyclic) bond motifs is 1. The van der Waals surface area contributed by atoms with E-state index in [2.05, 4.69) is 41.0 Å². The van der Waals surface area contributed by atoms with Crippen LogP contribution in [0.25, 0.3) is 22.4 Å². The van der Waals surface area contributed by atoms with E-state index in [1.807, 2.05) is 30.3 Å². The molecule has 2 aromatic heterocycles. The molecule has 0 aliphatic heterocycles. The Kier molecular flexibility index (Phi) is 5.15. The van der Waals surface area contributed by atoms with E-state index < -0.39 is 0 Å². The molecule has 4 aromatic rings. The van der Waals surface area contributed by atoms with Crippen LogP contribution in [0.2, 0.25) is 5.02 Å². The second kappa shape index (κ2) is 7.73. The molecule has 0 N–H and O–H groups in total. The minimum atomic E-state index is -0.159. The summed E-state index contributed by atoms with van der Waals surface area (Å²) in [5, 5.41) is 4.97. The van der Waals surface area contributed by atoms with E-state index in [4.69, 9.17) is 11.6 Å². The third-order valence-electron chi connectivity index (χ3n) is 4.58. The molecule has 0 unspecified atom stereocenters. The third-order valence-corrected chi connectivity index (χ3v) is 5.78. The summed E-state index contributed by atoms with van der Waals surface area (Å²) in [6, 6.07) is 15.5. The Bertz CT molecular complexity index is 1230. The second-order valence-electron chi connectivity index (χ2n) is 6.32. The van der Waals surface area contributed by atoms with E-state index in [-0.39, 0.29) is 5.56 Å². The molecule has 0 fully saturated rings. The summed E-state index contributed by atoms with van der Waals surface area (Å²) < 4.78 is 1.97. The van der Waals surface area contributed by atoms with Crippen LogP contribution in [-0.4, -0.2) is 27.7 Å². The lowest BCUT2D eigenvalue weighted by atomic mass is 10.2. The van der Waals surface area contributed by atoms with Gasteiger partial charge >= 0.3 is 0 Å². The summed E-state index contributed by atoms with van der Waals surface area (Å²) in [6.07, 6.45) is 1.88. The summed E-state index contributed by atoms with van der Waals surface area (Å²) in [5.41, 5.74) is 2.79. The number of benzene rings is 2. The largest absolute Gasteiger partial charge is 0.372 e. The van der Waals surface area contributed by atoms with Gasteiger partial charge in [-0.05, 0) is 49.8 Å². The number of hydrogen-bond donors (Lipinski definition) is 0. The molecule has 28 heavy (non-hydrogen) atoms. The number of aromatic nitrogens is 3. The second-order valence-corrected chi connectivity index (χ2v) is 7.77. The molecule has 5 nitrogen and oxygen atoms in total. The van der Waals surface area contributed by atoms with Gasteiger partial charge < -0.3 is 4.90 Å². The topological polar surface area (TPSA) is 50.5 Å². The van der Waals surface area contributed by atoms with Gasteiger partial charge in [0.25, 0.3) is 5.56 Å². The van der Waals surface area contributed by atoms with Gasteiger partial charge in [0.2, 0.25) is 4.96 Å². The van der Waals surface area contributed by atoms with E-state index in [0.717, 1.165) is 24.2 Å².